The number of nitrogens with zero attached hydrogens (tertiary/aromatic N) is 3. The van der Waals surface area contributed by atoms with E-state index in [0.717, 1.165) is 45.2 Å². The third-order valence-corrected chi connectivity index (χ3v) is 8.11. The molecule has 0 bridgehead atoms. The second-order valence-electron chi connectivity index (χ2n) is 8.65. The van der Waals surface area contributed by atoms with Gasteiger partial charge >= 0.3 is 5.97 Å². The van der Waals surface area contributed by atoms with Crippen molar-refractivity contribution in [2.45, 2.75) is 37.0 Å². The summed E-state index contributed by atoms with van der Waals surface area (Å²) in [6.07, 6.45) is 4.59. The molecule has 2 aliphatic heterocycles. The number of nitriles is 1. The average molecular weight is 497 g/mol. The van der Waals surface area contributed by atoms with Gasteiger partial charge in [-0.15, -0.1) is 0 Å². The van der Waals surface area contributed by atoms with Crippen LogP contribution in [0.5, 0.6) is 0 Å². The maximum atomic E-state index is 13.2. The van der Waals surface area contributed by atoms with Crippen LogP contribution in [-0.2, 0) is 19.6 Å². The molecule has 0 aliphatic carbocycles. The van der Waals surface area contributed by atoms with Crippen LogP contribution in [0.25, 0.3) is 0 Å². The lowest BCUT2D eigenvalue weighted by Gasteiger charge is -2.27. The molecule has 0 spiro atoms. The molecule has 2 aliphatic rings. The molecule has 1 amide bonds. The number of esters is 1. The lowest BCUT2D eigenvalue weighted by atomic mass is 10.1. The lowest BCUT2D eigenvalue weighted by Crippen LogP contribution is -2.35. The fourth-order valence-electron chi connectivity index (χ4n) is 4.36. The monoisotopic (exact) mass is 496 g/mol. The van der Waals surface area contributed by atoms with E-state index >= 15 is 0 Å². The Bertz CT molecular complexity index is 1230. The minimum atomic E-state index is -3.73. The third-order valence-electron chi connectivity index (χ3n) is 6.22. The van der Waals surface area contributed by atoms with Gasteiger partial charge in [-0.05, 0) is 68.1 Å². The predicted molar refractivity (Wildman–Crippen MR) is 131 cm³/mol. The number of piperidine rings is 1. The number of nitrogens with one attached hydrogen (secondary N) is 1. The second-order valence-corrected chi connectivity index (χ2v) is 10.6. The van der Waals surface area contributed by atoms with Crippen LogP contribution in [0, 0.1) is 11.3 Å². The highest BCUT2D eigenvalue weighted by Crippen LogP contribution is 2.30. The molecule has 0 saturated carbocycles. The van der Waals surface area contributed by atoms with Crippen molar-refractivity contribution in [2.24, 2.45) is 0 Å². The first-order chi connectivity index (χ1) is 16.9. The van der Waals surface area contributed by atoms with Crippen molar-refractivity contribution in [3.63, 3.8) is 0 Å². The van der Waals surface area contributed by atoms with Crippen LogP contribution >= 0.6 is 0 Å². The number of benzene rings is 2. The molecule has 2 heterocycles. The Balaban J connectivity index is 1.51. The van der Waals surface area contributed by atoms with Crippen molar-refractivity contribution in [3.8, 4) is 6.07 Å². The van der Waals surface area contributed by atoms with Crippen molar-refractivity contribution in [1.82, 2.24) is 4.31 Å². The third kappa shape index (κ3) is 5.81. The maximum absolute atomic E-state index is 13.2. The molecule has 35 heavy (non-hydrogen) atoms. The normalized spacial score (nSPS) is 16.5. The molecule has 9 nitrogen and oxygen atoms in total. The van der Waals surface area contributed by atoms with Gasteiger partial charge in [-0.25, -0.2) is 13.2 Å². The van der Waals surface area contributed by atoms with Crippen molar-refractivity contribution in [3.05, 3.63) is 53.6 Å². The van der Waals surface area contributed by atoms with E-state index in [9.17, 15) is 18.0 Å². The smallest absolute Gasteiger partial charge is 0.340 e. The van der Waals surface area contributed by atoms with Gasteiger partial charge in [0, 0.05) is 31.9 Å². The van der Waals surface area contributed by atoms with E-state index in [1.54, 1.807) is 36.4 Å². The first-order valence-corrected chi connectivity index (χ1v) is 13.2. The van der Waals surface area contributed by atoms with E-state index in [2.05, 4.69) is 5.32 Å². The standard InChI is InChI=1S/C25H28N4O5S/c26-17-19-6-8-20(9-7-19)27-24(30)18-34-25(31)22-16-21(10-11-23(22)28-12-4-5-13-28)35(32,33)29-14-2-1-3-15-29/h6-11,16H,1-5,12-15,18H2,(H,27,30). The summed E-state index contributed by atoms with van der Waals surface area (Å²) in [4.78, 5) is 27.4. The molecule has 2 fully saturated rings. The minimum absolute atomic E-state index is 0.0522. The second kappa shape index (κ2) is 10.9. The minimum Gasteiger partial charge on any atom is -0.452 e. The molecule has 2 aromatic carbocycles. The zero-order valence-corrected chi connectivity index (χ0v) is 20.2. The van der Waals surface area contributed by atoms with Crippen molar-refractivity contribution in [1.29, 1.82) is 5.26 Å². The maximum Gasteiger partial charge on any atom is 0.340 e. The molecule has 184 valence electrons. The zero-order chi connectivity index (χ0) is 24.8. The van der Waals surface area contributed by atoms with Crippen LogP contribution in [0.15, 0.2) is 47.4 Å². The van der Waals surface area contributed by atoms with Gasteiger partial charge in [-0.1, -0.05) is 6.42 Å². The Kier molecular flexibility index (Phi) is 7.68. The molecule has 0 unspecified atom stereocenters. The fourth-order valence-corrected chi connectivity index (χ4v) is 5.91. The number of anilines is 2. The Hall–Kier alpha value is -3.42. The number of amides is 1. The van der Waals surface area contributed by atoms with Crippen LogP contribution in [0.3, 0.4) is 0 Å². The number of hydrogen-bond acceptors (Lipinski definition) is 7. The molecule has 10 heteroatoms. The summed E-state index contributed by atoms with van der Waals surface area (Å²) in [5.41, 5.74) is 1.68. The Labute approximate surface area is 205 Å². The first-order valence-electron chi connectivity index (χ1n) is 11.7. The fraction of sp³-hybridized carbons (Fsp3) is 0.400. The quantitative estimate of drug-likeness (QED) is 0.585. The summed E-state index contributed by atoms with van der Waals surface area (Å²) in [7, 11) is -3.73. The molecule has 2 saturated heterocycles. The van der Waals surface area contributed by atoms with E-state index < -0.39 is 28.5 Å². The largest absolute Gasteiger partial charge is 0.452 e. The van der Waals surface area contributed by atoms with Gasteiger partial charge in [0.15, 0.2) is 6.61 Å². The molecule has 0 radical (unpaired) electrons. The van der Waals surface area contributed by atoms with Crippen LogP contribution in [0.4, 0.5) is 11.4 Å². The molecular formula is C25H28N4O5S. The van der Waals surface area contributed by atoms with Crippen molar-refractivity contribution >= 4 is 33.3 Å². The van der Waals surface area contributed by atoms with Crippen LogP contribution < -0.4 is 10.2 Å². The highest BCUT2D eigenvalue weighted by atomic mass is 32.2. The van der Waals surface area contributed by atoms with E-state index in [1.807, 2.05) is 11.0 Å². The number of ether oxygens (including phenoxy) is 1. The average Bonchev–Trinajstić information content (AvgIpc) is 3.43. The van der Waals surface area contributed by atoms with Gasteiger partial charge in [0.05, 0.1) is 27.8 Å². The molecule has 0 aromatic heterocycles. The molecule has 0 atom stereocenters. The van der Waals surface area contributed by atoms with Gasteiger partial charge in [0.2, 0.25) is 10.0 Å². The topological polar surface area (TPSA) is 120 Å². The van der Waals surface area contributed by atoms with Crippen LogP contribution in [0.1, 0.15) is 48.0 Å². The van der Waals surface area contributed by atoms with E-state index in [-0.39, 0.29) is 10.5 Å². The predicted octanol–water partition coefficient (Wildman–Crippen LogP) is 3.13. The van der Waals surface area contributed by atoms with Crippen LogP contribution in [-0.4, -0.2) is 57.4 Å². The van der Waals surface area contributed by atoms with E-state index in [4.69, 9.17) is 10.00 Å². The van der Waals surface area contributed by atoms with Crippen molar-refractivity contribution in [2.75, 3.05) is 43.0 Å². The van der Waals surface area contributed by atoms with Gasteiger partial charge in [-0.2, -0.15) is 9.57 Å². The summed E-state index contributed by atoms with van der Waals surface area (Å²) in [6.45, 7) is 1.92. The van der Waals surface area contributed by atoms with E-state index in [0.29, 0.717) is 30.0 Å². The number of rotatable bonds is 7. The highest BCUT2D eigenvalue weighted by molar-refractivity contribution is 7.89. The number of carbonyl (C=O) groups excluding carboxylic acids is 2. The molecule has 1 N–H and O–H groups in total. The van der Waals surface area contributed by atoms with Gasteiger partial charge < -0.3 is 15.0 Å². The Morgan fingerprint density at radius 2 is 1.60 bits per heavy atom. The van der Waals surface area contributed by atoms with Gasteiger partial charge in [0.1, 0.15) is 0 Å². The molecule has 4 rings (SSSR count). The highest BCUT2D eigenvalue weighted by Gasteiger charge is 2.29. The van der Waals surface area contributed by atoms with Gasteiger partial charge in [0.25, 0.3) is 5.91 Å². The Morgan fingerprint density at radius 1 is 0.943 bits per heavy atom. The summed E-state index contributed by atoms with van der Waals surface area (Å²) >= 11 is 0. The number of carbonyl (C=O) groups is 2. The summed E-state index contributed by atoms with van der Waals surface area (Å²) < 4.78 is 33.1. The van der Waals surface area contributed by atoms with E-state index in [1.165, 1.54) is 10.4 Å². The SMILES string of the molecule is N#Cc1ccc(NC(=O)COC(=O)c2cc(S(=O)(=O)N3CCCCC3)ccc2N2CCCC2)cc1. The zero-order valence-electron chi connectivity index (χ0n) is 19.4. The summed E-state index contributed by atoms with van der Waals surface area (Å²) in [5.74, 6) is -1.29. The van der Waals surface area contributed by atoms with Crippen LogP contribution in [0.2, 0.25) is 0 Å². The summed E-state index contributed by atoms with van der Waals surface area (Å²) in [5, 5.41) is 11.5. The van der Waals surface area contributed by atoms with Crippen molar-refractivity contribution < 1.29 is 22.7 Å². The number of hydrogen-bond donors (Lipinski definition) is 1. The summed E-state index contributed by atoms with van der Waals surface area (Å²) in [6, 6.07) is 12.9. The Morgan fingerprint density at radius 3 is 2.26 bits per heavy atom. The number of sulfonamides is 1. The first kappa shape index (κ1) is 24.7. The molecule has 2 aromatic rings. The lowest BCUT2D eigenvalue weighted by molar-refractivity contribution is -0.119. The molecular weight excluding hydrogens is 468 g/mol. The van der Waals surface area contributed by atoms with Gasteiger partial charge in [-0.3, -0.25) is 4.79 Å².